The number of alkyl halides is 1. The number of hydrogen-bond donors (Lipinski definition) is 3. The number of nitrogens with one attached hydrogen (secondary N) is 2. The minimum Gasteiger partial charge on any atom is -0.504 e. The van der Waals surface area contributed by atoms with Crippen LogP contribution in [0.2, 0.25) is 0 Å². The number of H-pyrrole nitrogens is 1. The fraction of sp³-hybridized carbons (Fsp3) is 0.105. The Morgan fingerprint density at radius 1 is 1.24 bits per heavy atom. The second-order valence-electron chi connectivity index (χ2n) is 6.20. The standard InChI is InChI=1S/C19H14BrFN2O4S2/c20-6-7-22-29(26,27)14-4-2-1-3-10(14)16-15-11-5-8-28-18(11)19(25)23-13(15)9-12(21)17(16)24/h1-5,8-9,22,24H,6-7H2,(H,23,25). The van der Waals surface area contributed by atoms with Crippen LogP contribution < -0.4 is 10.3 Å². The highest BCUT2D eigenvalue weighted by Crippen LogP contribution is 2.43. The van der Waals surface area contributed by atoms with E-state index < -0.39 is 21.6 Å². The van der Waals surface area contributed by atoms with Crippen LogP contribution in [0.25, 0.3) is 32.1 Å². The highest BCUT2D eigenvalue weighted by molar-refractivity contribution is 9.09. The van der Waals surface area contributed by atoms with E-state index in [1.54, 1.807) is 23.6 Å². The van der Waals surface area contributed by atoms with Gasteiger partial charge in [0.05, 0.1) is 10.4 Å². The van der Waals surface area contributed by atoms with Crippen molar-refractivity contribution in [3.63, 3.8) is 0 Å². The van der Waals surface area contributed by atoms with Gasteiger partial charge < -0.3 is 10.1 Å². The molecule has 0 saturated heterocycles. The summed E-state index contributed by atoms with van der Waals surface area (Å²) in [7, 11) is -3.93. The van der Waals surface area contributed by atoms with Gasteiger partial charge in [-0.15, -0.1) is 11.3 Å². The zero-order chi connectivity index (χ0) is 20.8. The summed E-state index contributed by atoms with van der Waals surface area (Å²) in [6.45, 7) is 0.161. The Labute approximate surface area is 177 Å². The molecule has 0 aliphatic heterocycles. The molecule has 2 aromatic carbocycles. The normalized spacial score (nSPS) is 12.1. The summed E-state index contributed by atoms with van der Waals surface area (Å²) < 4.78 is 43.0. The molecule has 0 unspecified atom stereocenters. The van der Waals surface area contributed by atoms with Crippen LogP contribution in [0.4, 0.5) is 4.39 Å². The van der Waals surface area contributed by atoms with E-state index in [0.717, 1.165) is 6.07 Å². The number of pyridine rings is 1. The molecule has 29 heavy (non-hydrogen) atoms. The Morgan fingerprint density at radius 2 is 2.00 bits per heavy atom. The molecule has 10 heteroatoms. The van der Waals surface area contributed by atoms with Crippen molar-refractivity contribution in [2.24, 2.45) is 0 Å². The monoisotopic (exact) mass is 496 g/mol. The van der Waals surface area contributed by atoms with E-state index in [1.807, 2.05) is 0 Å². The topological polar surface area (TPSA) is 99.3 Å². The van der Waals surface area contributed by atoms with Crippen molar-refractivity contribution >= 4 is 58.3 Å². The molecule has 6 nitrogen and oxygen atoms in total. The number of benzene rings is 2. The number of aromatic hydroxyl groups is 1. The van der Waals surface area contributed by atoms with Gasteiger partial charge in [0.15, 0.2) is 11.6 Å². The average molecular weight is 497 g/mol. The third-order valence-electron chi connectivity index (χ3n) is 4.47. The van der Waals surface area contributed by atoms with Gasteiger partial charge >= 0.3 is 0 Å². The van der Waals surface area contributed by atoms with Gasteiger partial charge in [0.25, 0.3) is 5.56 Å². The van der Waals surface area contributed by atoms with Gasteiger partial charge in [-0.25, -0.2) is 17.5 Å². The summed E-state index contributed by atoms with van der Waals surface area (Å²) in [5.41, 5.74) is -0.0548. The van der Waals surface area contributed by atoms with Crippen molar-refractivity contribution in [2.75, 3.05) is 11.9 Å². The fourth-order valence-corrected chi connectivity index (χ4v) is 5.80. The van der Waals surface area contributed by atoms with Gasteiger partial charge in [-0.05, 0) is 17.5 Å². The van der Waals surface area contributed by atoms with Gasteiger partial charge in [0, 0.05) is 39.8 Å². The van der Waals surface area contributed by atoms with Crippen LogP contribution in [-0.4, -0.2) is 30.4 Å². The van der Waals surface area contributed by atoms with Crippen LogP contribution in [-0.2, 0) is 10.0 Å². The fourth-order valence-electron chi connectivity index (χ4n) is 3.30. The van der Waals surface area contributed by atoms with Crippen LogP contribution in [0.1, 0.15) is 0 Å². The molecular formula is C19H14BrFN2O4S2. The van der Waals surface area contributed by atoms with Crippen molar-refractivity contribution in [3.8, 4) is 16.9 Å². The van der Waals surface area contributed by atoms with Gasteiger partial charge in [0.2, 0.25) is 10.0 Å². The number of aromatic amines is 1. The van der Waals surface area contributed by atoms with Crippen molar-refractivity contribution in [3.05, 3.63) is 57.9 Å². The van der Waals surface area contributed by atoms with E-state index in [2.05, 4.69) is 25.6 Å². The lowest BCUT2D eigenvalue weighted by molar-refractivity contribution is 0.435. The quantitative estimate of drug-likeness (QED) is 0.364. The van der Waals surface area contributed by atoms with Gasteiger partial charge in [-0.2, -0.15) is 0 Å². The second-order valence-corrected chi connectivity index (χ2v) is 9.65. The van der Waals surface area contributed by atoms with Crippen LogP contribution in [0.3, 0.4) is 0 Å². The highest BCUT2D eigenvalue weighted by atomic mass is 79.9. The molecular weight excluding hydrogens is 483 g/mol. The number of sulfonamides is 1. The molecule has 150 valence electrons. The summed E-state index contributed by atoms with van der Waals surface area (Å²) >= 11 is 4.38. The average Bonchev–Trinajstić information content (AvgIpc) is 3.19. The van der Waals surface area contributed by atoms with E-state index in [1.165, 1.54) is 23.5 Å². The summed E-state index contributed by atoms with van der Waals surface area (Å²) in [5.74, 6) is -1.64. The van der Waals surface area contributed by atoms with Crippen molar-refractivity contribution < 1.29 is 17.9 Å². The minimum absolute atomic E-state index is 0.0134. The number of phenols is 1. The predicted octanol–water partition coefficient (Wildman–Crippen LogP) is 3.93. The maximum Gasteiger partial charge on any atom is 0.266 e. The number of aromatic nitrogens is 1. The number of halogens is 2. The molecule has 0 spiro atoms. The van der Waals surface area contributed by atoms with Crippen LogP contribution in [0, 0.1) is 5.82 Å². The summed E-state index contributed by atoms with van der Waals surface area (Å²) in [4.78, 5) is 14.8. The largest absolute Gasteiger partial charge is 0.504 e. The highest BCUT2D eigenvalue weighted by Gasteiger charge is 2.25. The van der Waals surface area contributed by atoms with Crippen LogP contribution >= 0.6 is 27.3 Å². The first-order valence-corrected chi connectivity index (χ1v) is 11.9. The molecule has 0 amide bonds. The lowest BCUT2D eigenvalue weighted by atomic mass is 9.97. The summed E-state index contributed by atoms with van der Waals surface area (Å²) in [6, 6.07) is 8.77. The van der Waals surface area contributed by atoms with Gasteiger partial charge in [0.1, 0.15) is 4.70 Å². The summed E-state index contributed by atoms with van der Waals surface area (Å²) in [6.07, 6.45) is 0. The van der Waals surface area contributed by atoms with E-state index >= 15 is 0 Å². The molecule has 2 aromatic heterocycles. The lowest BCUT2D eigenvalue weighted by Gasteiger charge is -2.15. The van der Waals surface area contributed by atoms with E-state index in [0.29, 0.717) is 20.8 Å². The lowest BCUT2D eigenvalue weighted by Crippen LogP contribution is -2.26. The van der Waals surface area contributed by atoms with Crippen LogP contribution in [0.5, 0.6) is 5.75 Å². The van der Waals surface area contributed by atoms with E-state index in [-0.39, 0.29) is 33.6 Å². The number of rotatable bonds is 5. The van der Waals surface area contributed by atoms with E-state index in [9.17, 15) is 22.7 Å². The molecule has 4 rings (SSSR count). The Hall–Kier alpha value is -2.27. The number of phenolic OH excluding ortho intramolecular Hbond substituents is 1. The van der Waals surface area contributed by atoms with Crippen molar-refractivity contribution in [1.29, 1.82) is 0 Å². The molecule has 0 radical (unpaired) electrons. The molecule has 0 bridgehead atoms. The zero-order valence-electron chi connectivity index (χ0n) is 14.7. The molecule has 3 N–H and O–H groups in total. The Bertz CT molecular complexity index is 1410. The Kier molecular flexibility index (Phi) is 5.19. The maximum absolute atomic E-state index is 14.5. The van der Waals surface area contributed by atoms with Gasteiger partial charge in [-0.3, -0.25) is 4.79 Å². The third kappa shape index (κ3) is 3.35. The SMILES string of the molecule is O=c1[nH]c2cc(F)c(O)c(-c3ccccc3S(=O)(=O)NCCBr)c2c2ccsc12. The molecule has 2 heterocycles. The molecule has 0 fully saturated rings. The zero-order valence-corrected chi connectivity index (χ0v) is 17.9. The first kappa shape index (κ1) is 20.0. The molecule has 0 aliphatic rings. The Morgan fingerprint density at radius 3 is 2.76 bits per heavy atom. The van der Waals surface area contributed by atoms with Crippen LogP contribution in [0.15, 0.2) is 51.5 Å². The maximum atomic E-state index is 14.5. The first-order chi connectivity index (χ1) is 13.8. The predicted molar refractivity (Wildman–Crippen MR) is 116 cm³/mol. The molecule has 0 aliphatic carbocycles. The summed E-state index contributed by atoms with van der Waals surface area (Å²) in [5, 5.41) is 13.6. The van der Waals surface area contributed by atoms with Gasteiger partial charge in [-0.1, -0.05) is 34.1 Å². The molecule has 0 saturated carbocycles. The Balaban J connectivity index is 2.15. The minimum atomic E-state index is -3.93. The third-order valence-corrected chi connectivity index (χ3v) is 7.30. The van der Waals surface area contributed by atoms with Crippen molar-refractivity contribution in [1.82, 2.24) is 9.71 Å². The first-order valence-electron chi connectivity index (χ1n) is 8.45. The number of fused-ring (bicyclic) bond motifs is 3. The number of thiophene rings is 1. The van der Waals surface area contributed by atoms with E-state index in [4.69, 9.17) is 0 Å². The molecule has 0 atom stereocenters. The smallest absolute Gasteiger partial charge is 0.266 e. The second kappa shape index (κ2) is 7.52. The number of hydrogen-bond acceptors (Lipinski definition) is 5. The van der Waals surface area contributed by atoms with Crippen molar-refractivity contribution in [2.45, 2.75) is 4.90 Å². The molecule has 4 aromatic rings.